The Bertz CT molecular complexity index is 2800. The second-order valence-electron chi connectivity index (χ2n) is 12.0. The van der Waals surface area contributed by atoms with E-state index in [4.69, 9.17) is 19.4 Å². The molecule has 0 atom stereocenters. The molecule has 0 radical (unpaired) electrons. The number of furan rings is 1. The van der Waals surface area contributed by atoms with E-state index >= 15 is 0 Å². The monoisotopic (exact) mass is 614 g/mol. The lowest BCUT2D eigenvalue weighted by atomic mass is 10.0. The molecule has 10 rings (SSSR count). The molecule has 3 aromatic heterocycles. The predicted octanol–water partition coefficient (Wildman–Crippen LogP) is 11.0. The number of nitrogens with zero attached hydrogens (tertiary/aromatic N) is 4. The zero-order chi connectivity index (χ0) is 31.6. The van der Waals surface area contributed by atoms with E-state index in [9.17, 15) is 0 Å². The van der Waals surface area contributed by atoms with Gasteiger partial charge in [-0.1, -0.05) is 121 Å². The van der Waals surface area contributed by atoms with E-state index in [1.54, 1.807) is 0 Å². The number of hydrogen-bond acceptors (Lipinski definition) is 4. The highest BCUT2D eigenvalue weighted by atomic mass is 16.3. The quantitative estimate of drug-likeness (QED) is 0.198. The van der Waals surface area contributed by atoms with Gasteiger partial charge in [0.15, 0.2) is 17.5 Å². The number of para-hydroxylation sites is 4. The second kappa shape index (κ2) is 10.5. The topological polar surface area (TPSA) is 56.7 Å². The molecule has 0 bridgehead atoms. The minimum absolute atomic E-state index is 0.565. The molecule has 5 heteroatoms. The SMILES string of the molecule is c1ccc(-c2nc(-c3cc(-n4c5ccccc5c5ccccc54)c4ccccc4c3)nc(-c3cccc4c3oc3ccccc34)n2)cc1. The van der Waals surface area contributed by atoms with Crippen molar-refractivity contribution in [3.05, 3.63) is 158 Å². The van der Waals surface area contributed by atoms with Crippen LogP contribution >= 0.6 is 0 Å². The molecule has 7 aromatic carbocycles. The molecule has 0 saturated heterocycles. The average Bonchev–Trinajstić information content (AvgIpc) is 3.71. The Balaban J connectivity index is 1.27. The third-order valence-electron chi connectivity index (χ3n) is 9.23. The number of aromatic nitrogens is 4. The van der Waals surface area contributed by atoms with Crippen molar-refractivity contribution in [2.75, 3.05) is 0 Å². The van der Waals surface area contributed by atoms with E-state index in [1.807, 2.05) is 60.7 Å². The number of fused-ring (bicyclic) bond motifs is 7. The molecule has 10 aromatic rings. The fourth-order valence-electron chi connectivity index (χ4n) is 7.05. The van der Waals surface area contributed by atoms with Gasteiger partial charge in [-0.2, -0.15) is 0 Å². The zero-order valence-electron chi connectivity index (χ0n) is 25.7. The second-order valence-corrected chi connectivity index (χ2v) is 12.0. The van der Waals surface area contributed by atoms with Crippen molar-refractivity contribution in [1.82, 2.24) is 19.5 Å². The fraction of sp³-hybridized carbons (Fsp3) is 0. The molecule has 48 heavy (non-hydrogen) atoms. The summed E-state index contributed by atoms with van der Waals surface area (Å²) in [5.41, 5.74) is 7.63. The van der Waals surface area contributed by atoms with Gasteiger partial charge in [-0.25, -0.2) is 15.0 Å². The molecular weight excluding hydrogens is 589 g/mol. The summed E-state index contributed by atoms with van der Waals surface area (Å²) < 4.78 is 8.80. The van der Waals surface area contributed by atoms with E-state index in [0.29, 0.717) is 17.5 Å². The van der Waals surface area contributed by atoms with Gasteiger partial charge in [0.2, 0.25) is 0 Å². The van der Waals surface area contributed by atoms with E-state index in [1.165, 1.54) is 10.8 Å². The van der Waals surface area contributed by atoms with Crippen molar-refractivity contribution in [3.8, 4) is 39.9 Å². The first-order chi connectivity index (χ1) is 23.8. The molecule has 0 aliphatic carbocycles. The van der Waals surface area contributed by atoms with Crippen molar-refractivity contribution >= 4 is 54.5 Å². The first kappa shape index (κ1) is 26.6. The highest BCUT2D eigenvalue weighted by molar-refractivity contribution is 6.11. The first-order valence-corrected chi connectivity index (χ1v) is 16.0. The van der Waals surface area contributed by atoms with E-state index in [0.717, 1.165) is 66.1 Å². The summed E-state index contributed by atoms with van der Waals surface area (Å²) >= 11 is 0. The van der Waals surface area contributed by atoms with Crippen molar-refractivity contribution in [3.63, 3.8) is 0 Å². The van der Waals surface area contributed by atoms with Crippen molar-refractivity contribution < 1.29 is 4.42 Å². The van der Waals surface area contributed by atoms with Gasteiger partial charge in [0.05, 0.1) is 22.3 Å². The van der Waals surface area contributed by atoms with Gasteiger partial charge >= 0.3 is 0 Å². The molecule has 0 amide bonds. The summed E-state index contributed by atoms with van der Waals surface area (Å²) in [6.07, 6.45) is 0. The molecule has 0 aliphatic heterocycles. The van der Waals surface area contributed by atoms with Crippen LogP contribution in [0.15, 0.2) is 162 Å². The first-order valence-electron chi connectivity index (χ1n) is 16.0. The van der Waals surface area contributed by atoms with Crippen molar-refractivity contribution in [2.45, 2.75) is 0 Å². The third kappa shape index (κ3) is 4.08. The standard InChI is InChI=1S/C43H26N4O/c1-2-13-27(14-3-1)41-44-42(46-43(45-41)35-21-12-20-34-33-19-8-11-24-39(33)48-40(34)35)29-25-28-15-4-5-16-30(28)38(26-29)47-36-22-9-6-17-31(36)32-18-7-10-23-37(32)47/h1-26H. The van der Waals surface area contributed by atoms with E-state index < -0.39 is 0 Å². The Morgan fingerprint density at radius 3 is 1.77 bits per heavy atom. The van der Waals surface area contributed by atoms with E-state index in [2.05, 4.69) is 102 Å². The van der Waals surface area contributed by atoms with Gasteiger partial charge in [0.25, 0.3) is 0 Å². The third-order valence-corrected chi connectivity index (χ3v) is 9.23. The van der Waals surface area contributed by atoms with Crippen LogP contribution in [0.1, 0.15) is 0 Å². The van der Waals surface area contributed by atoms with Gasteiger partial charge in [-0.3, -0.25) is 0 Å². The summed E-state index contributed by atoms with van der Waals surface area (Å²) in [5, 5.41) is 6.79. The number of benzene rings is 7. The van der Waals surface area contributed by atoms with Crippen molar-refractivity contribution in [2.24, 2.45) is 0 Å². The summed E-state index contributed by atoms with van der Waals surface area (Å²) in [4.78, 5) is 15.3. The van der Waals surface area contributed by atoms with Gasteiger partial charge < -0.3 is 8.98 Å². The lowest BCUT2D eigenvalue weighted by Gasteiger charge is -2.15. The van der Waals surface area contributed by atoms with Crippen LogP contribution in [0.25, 0.3) is 94.4 Å². The van der Waals surface area contributed by atoms with Crippen LogP contribution in [-0.2, 0) is 0 Å². The predicted molar refractivity (Wildman–Crippen MR) is 195 cm³/mol. The molecule has 0 spiro atoms. The van der Waals surface area contributed by atoms with Gasteiger partial charge in [0.1, 0.15) is 11.2 Å². The number of rotatable bonds is 4. The Labute approximate surface area is 275 Å². The summed E-state index contributed by atoms with van der Waals surface area (Å²) in [6, 6.07) is 54.5. The van der Waals surface area contributed by atoms with Crippen LogP contribution in [0.2, 0.25) is 0 Å². The molecule has 5 nitrogen and oxygen atoms in total. The fourth-order valence-corrected chi connectivity index (χ4v) is 7.05. The van der Waals surface area contributed by atoms with Gasteiger partial charge in [-0.05, 0) is 41.8 Å². The average molecular weight is 615 g/mol. The highest BCUT2D eigenvalue weighted by Crippen LogP contribution is 2.38. The van der Waals surface area contributed by atoms with Crippen molar-refractivity contribution in [1.29, 1.82) is 0 Å². The molecule has 3 heterocycles. The molecule has 0 unspecified atom stereocenters. The minimum Gasteiger partial charge on any atom is -0.455 e. The maximum absolute atomic E-state index is 6.43. The smallest absolute Gasteiger partial charge is 0.167 e. The van der Waals surface area contributed by atoms with Crippen LogP contribution in [0.5, 0.6) is 0 Å². The van der Waals surface area contributed by atoms with Crippen LogP contribution < -0.4 is 0 Å². The minimum atomic E-state index is 0.565. The van der Waals surface area contributed by atoms with Crippen LogP contribution in [0.4, 0.5) is 0 Å². The number of hydrogen-bond donors (Lipinski definition) is 0. The summed E-state index contributed by atoms with van der Waals surface area (Å²) in [6.45, 7) is 0. The molecule has 224 valence electrons. The van der Waals surface area contributed by atoms with Crippen LogP contribution in [0, 0.1) is 0 Å². The molecule has 0 N–H and O–H groups in total. The Morgan fingerprint density at radius 2 is 1.00 bits per heavy atom. The maximum atomic E-state index is 6.43. The molecule has 0 fully saturated rings. The Morgan fingerprint density at radius 1 is 0.417 bits per heavy atom. The highest BCUT2D eigenvalue weighted by Gasteiger charge is 2.20. The Kier molecular flexibility index (Phi) is 5.81. The lowest BCUT2D eigenvalue weighted by Crippen LogP contribution is -2.02. The van der Waals surface area contributed by atoms with Crippen LogP contribution in [-0.4, -0.2) is 19.5 Å². The van der Waals surface area contributed by atoms with E-state index in [-0.39, 0.29) is 0 Å². The zero-order valence-corrected chi connectivity index (χ0v) is 25.7. The largest absolute Gasteiger partial charge is 0.455 e. The van der Waals surface area contributed by atoms with Crippen LogP contribution in [0.3, 0.4) is 0 Å². The lowest BCUT2D eigenvalue weighted by molar-refractivity contribution is 0.669. The molecular formula is C43H26N4O. The normalized spacial score (nSPS) is 11.8. The van der Waals surface area contributed by atoms with Gasteiger partial charge in [0, 0.05) is 38.1 Å². The summed E-state index contributed by atoms with van der Waals surface area (Å²) in [5.74, 6) is 1.77. The summed E-state index contributed by atoms with van der Waals surface area (Å²) in [7, 11) is 0. The molecule has 0 aliphatic rings. The maximum Gasteiger partial charge on any atom is 0.167 e. The molecule has 0 saturated carbocycles. The van der Waals surface area contributed by atoms with Gasteiger partial charge in [-0.15, -0.1) is 0 Å². The Hall–Kier alpha value is -6.59.